The molecule has 0 aromatic rings. The molecule has 7 heteroatoms. The van der Waals surface area contributed by atoms with Crippen LogP contribution in [0.2, 0.25) is 6.04 Å². The van der Waals surface area contributed by atoms with Crippen molar-refractivity contribution in [3.63, 3.8) is 0 Å². The van der Waals surface area contributed by atoms with Gasteiger partial charge in [0, 0.05) is 0 Å². The van der Waals surface area contributed by atoms with E-state index in [1.165, 1.54) is 0 Å². The van der Waals surface area contributed by atoms with Gasteiger partial charge in [-0.25, -0.2) is 0 Å². The monoisotopic (exact) mass is 167 g/mol. The molecule has 0 spiro atoms. The van der Waals surface area contributed by atoms with Gasteiger partial charge in [-0.15, -0.1) is 0 Å². The van der Waals surface area contributed by atoms with Crippen LogP contribution < -0.4 is 15.4 Å². The van der Waals surface area contributed by atoms with E-state index in [1.807, 2.05) is 22.4 Å². The summed E-state index contributed by atoms with van der Waals surface area (Å²) in [6.45, 7) is 1.87. The maximum Gasteiger partial charge on any atom is 0.351 e. The summed E-state index contributed by atoms with van der Waals surface area (Å²) < 4.78 is 0. The zero-order valence-corrected chi connectivity index (χ0v) is 6.76. The summed E-state index contributed by atoms with van der Waals surface area (Å²) in [7, 11) is -2.80. The minimum Gasteiger partial charge on any atom is -0.321 e. The van der Waals surface area contributed by atoms with E-state index in [4.69, 9.17) is 15.6 Å². The molecule has 0 bridgehead atoms. The first-order valence-electron chi connectivity index (χ1n) is 2.98. The Labute approximate surface area is 60.0 Å². The molecule has 0 saturated heterocycles. The maximum atomic E-state index is 8.47. The Hall–Kier alpha value is -0.0231. The Morgan fingerprint density at radius 1 is 1.10 bits per heavy atom. The average molecular weight is 167 g/mol. The van der Waals surface area contributed by atoms with Gasteiger partial charge < -0.3 is 15.6 Å². The summed E-state index contributed by atoms with van der Waals surface area (Å²) in [5, 5.41) is 30.9. The molecule has 0 aliphatic carbocycles. The molecule has 0 fully saturated rings. The summed E-state index contributed by atoms with van der Waals surface area (Å²) in [5.74, 6) is 0. The molecule has 62 valence electrons. The number of rotatable bonds is 5. The van der Waals surface area contributed by atoms with E-state index in [0.29, 0.717) is 6.04 Å². The van der Waals surface area contributed by atoms with Gasteiger partial charge in [0.15, 0.2) is 0 Å². The van der Waals surface area contributed by atoms with E-state index in [1.54, 1.807) is 0 Å². The molecular weight excluding hydrogens is 154 g/mol. The smallest absolute Gasteiger partial charge is 0.321 e. The van der Waals surface area contributed by atoms with Crippen LogP contribution in [0.4, 0.5) is 0 Å². The molecule has 0 rings (SSSR count). The first-order chi connectivity index (χ1) is 4.74. The van der Waals surface area contributed by atoms with Gasteiger partial charge in [0.05, 0.1) is 0 Å². The maximum absolute atomic E-state index is 8.47. The van der Waals surface area contributed by atoms with Crippen molar-refractivity contribution >= 4 is 8.56 Å². The summed E-state index contributed by atoms with van der Waals surface area (Å²) in [6.07, 6.45) is 0.737. The Bertz CT molecular complexity index is 80.8. The van der Waals surface area contributed by atoms with Crippen LogP contribution in [0.25, 0.3) is 0 Å². The molecular formula is C3H13N3O3Si. The lowest BCUT2D eigenvalue weighted by Gasteiger charge is -2.23. The SMILES string of the molecule is CCC[Si](NO)(NO)NO. The van der Waals surface area contributed by atoms with Crippen molar-refractivity contribution in [2.24, 2.45) is 0 Å². The fraction of sp³-hybridized carbons (Fsp3) is 1.00. The third-order valence-electron chi connectivity index (χ3n) is 1.20. The molecule has 0 atom stereocenters. The fourth-order valence-corrected chi connectivity index (χ4v) is 1.85. The van der Waals surface area contributed by atoms with E-state index < -0.39 is 8.56 Å². The summed E-state index contributed by atoms with van der Waals surface area (Å²) in [4.78, 5) is 0. The first-order valence-corrected chi connectivity index (χ1v) is 5.19. The normalized spacial score (nSPS) is 12.0. The molecule has 0 aliphatic rings. The number of hydrogen-bond donors (Lipinski definition) is 6. The second kappa shape index (κ2) is 4.74. The highest BCUT2D eigenvalue weighted by molar-refractivity contribution is 6.71. The van der Waals surface area contributed by atoms with E-state index in [-0.39, 0.29) is 0 Å². The molecule has 0 aromatic heterocycles. The van der Waals surface area contributed by atoms with Gasteiger partial charge in [-0.2, -0.15) is 15.4 Å². The van der Waals surface area contributed by atoms with Gasteiger partial charge >= 0.3 is 8.56 Å². The zero-order chi connectivity index (χ0) is 8.04. The van der Waals surface area contributed by atoms with Gasteiger partial charge in [0.2, 0.25) is 0 Å². The predicted octanol–water partition coefficient (Wildman–Crippen LogP) is -0.728. The summed E-state index contributed by atoms with van der Waals surface area (Å²) in [6, 6.07) is 0.469. The van der Waals surface area contributed by atoms with Gasteiger partial charge in [0.25, 0.3) is 0 Å². The van der Waals surface area contributed by atoms with E-state index in [0.717, 1.165) is 6.42 Å². The van der Waals surface area contributed by atoms with Gasteiger partial charge in [0.1, 0.15) is 0 Å². The van der Waals surface area contributed by atoms with Crippen LogP contribution in [-0.4, -0.2) is 24.2 Å². The average Bonchev–Trinajstić information content (AvgIpc) is 2.01. The second-order valence-electron chi connectivity index (χ2n) is 1.99. The van der Waals surface area contributed by atoms with E-state index in [2.05, 4.69) is 0 Å². The van der Waals surface area contributed by atoms with Crippen LogP contribution in [0.1, 0.15) is 13.3 Å². The Morgan fingerprint density at radius 3 is 1.60 bits per heavy atom. The van der Waals surface area contributed by atoms with Gasteiger partial charge in [-0.1, -0.05) is 13.3 Å². The molecule has 0 aromatic carbocycles. The lowest BCUT2D eigenvalue weighted by atomic mass is 10.6. The van der Waals surface area contributed by atoms with E-state index in [9.17, 15) is 0 Å². The molecule has 0 saturated carbocycles. The van der Waals surface area contributed by atoms with Crippen LogP contribution in [0.3, 0.4) is 0 Å². The largest absolute Gasteiger partial charge is 0.351 e. The highest BCUT2D eigenvalue weighted by Crippen LogP contribution is 1.98. The molecule has 6 nitrogen and oxygen atoms in total. The second-order valence-corrected chi connectivity index (χ2v) is 4.97. The Balaban J connectivity index is 3.87. The highest BCUT2D eigenvalue weighted by atomic mass is 28.4. The standard InChI is InChI=1S/C3H13N3O3Si/c1-2-3-10(4-7,5-8)6-9/h4-9H,2-3H2,1H3. The van der Waals surface area contributed by atoms with Crippen molar-refractivity contribution in [1.29, 1.82) is 0 Å². The lowest BCUT2D eigenvalue weighted by Crippen LogP contribution is -2.69. The van der Waals surface area contributed by atoms with Gasteiger partial charge in [-0.3, -0.25) is 0 Å². The number of hydrogen-bond acceptors (Lipinski definition) is 6. The van der Waals surface area contributed by atoms with Crippen LogP contribution >= 0.6 is 0 Å². The summed E-state index contributed by atoms with van der Waals surface area (Å²) >= 11 is 0. The van der Waals surface area contributed by atoms with Gasteiger partial charge in [-0.05, 0) is 6.04 Å². The van der Waals surface area contributed by atoms with Crippen LogP contribution in [0.15, 0.2) is 0 Å². The molecule has 10 heavy (non-hydrogen) atoms. The third kappa shape index (κ3) is 2.31. The predicted molar refractivity (Wildman–Crippen MR) is 35.6 cm³/mol. The third-order valence-corrected chi connectivity index (χ3v) is 3.59. The topological polar surface area (TPSA) is 96.8 Å². The molecule has 0 heterocycles. The minimum absolute atomic E-state index is 0.469. The molecule has 0 amide bonds. The number of nitrogens with one attached hydrogen (secondary N) is 3. The van der Waals surface area contributed by atoms with Crippen molar-refractivity contribution in [2.75, 3.05) is 0 Å². The Kier molecular flexibility index (Phi) is 4.73. The molecule has 0 unspecified atom stereocenters. The minimum atomic E-state index is -2.80. The highest BCUT2D eigenvalue weighted by Gasteiger charge is 2.32. The molecule has 0 aliphatic heterocycles. The molecule has 0 radical (unpaired) electrons. The van der Waals surface area contributed by atoms with Crippen molar-refractivity contribution in [1.82, 2.24) is 15.4 Å². The van der Waals surface area contributed by atoms with Crippen LogP contribution in [-0.2, 0) is 0 Å². The Morgan fingerprint density at radius 2 is 1.50 bits per heavy atom. The molecule has 6 N–H and O–H groups in total. The van der Waals surface area contributed by atoms with Crippen molar-refractivity contribution in [2.45, 2.75) is 19.4 Å². The quantitative estimate of drug-likeness (QED) is 0.239. The zero-order valence-electron chi connectivity index (χ0n) is 5.76. The van der Waals surface area contributed by atoms with Crippen molar-refractivity contribution in [3.8, 4) is 0 Å². The lowest BCUT2D eigenvalue weighted by molar-refractivity contribution is 0.136. The fourth-order valence-electron chi connectivity index (χ4n) is 0.618. The van der Waals surface area contributed by atoms with Crippen molar-refractivity contribution in [3.05, 3.63) is 0 Å². The van der Waals surface area contributed by atoms with E-state index >= 15 is 0 Å². The first kappa shape index (κ1) is 9.98. The van der Waals surface area contributed by atoms with Crippen LogP contribution in [0, 0.1) is 0 Å². The summed E-state index contributed by atoms with van der Waals surface area (Å²) in [5.41, 5.74) is 0. The van der Waals surface area contributed by atoms with Crippen molar-refractivity contribution < 1.29 is 15.6 Å². The van der Waals surface area contributed by atoms with Crippen LogP contribution in [0.5, 0.6) is 0 Å².